The second kappa shape index (κ2) is 6.39. The first-order valence-electron chi connectivity index (χ1n) is 6.80. The number of aliphatic hydroxyl groups is 1. The Hall–Kier alpha value is -0.570. The number of hydrogen-bond donors (Lipinski definition) is 2. The Morgan fingerprint density at radius 2 is 1.82 bits per heavy atom. The van der Waals surface area contributed by atoms with Crippen molar-refractivity contribution in [2.75, 3.05) is 13.2 Å². The Morgan fingerprint density at radius 3 is 2.35 bits per heavy atom. The SMILES string of the molecule is CC(C)(C)CC(=O)NCC1CCCCC1CO. The molecule has 0 radical (unpaired) electrons. The average molecular weight is 241 g/mol. The van der Waals surface area contributed by atoms with Gasteiger partial charge in [-0.05, 0) is 30.1 Å². The van der Waals surface area contributed by atoms with E-state index in [0.29, 0.717) is 18.3 Å². The number of carbonyl (C=O) groups excluding carboxylic acids is 1. The van der Waals surface area contributed by atoms with Gasteiger partial charge in [-0.15, -0.1) is 0 Å². The van der Waals surface area contributed by atoms with Gasteiger partial charge in [-0.3, -0.25) is 4.79 Å². The summed E-state index contributed by atoms with van der Waals surface area (Å²) in [6.07, 6.45) is 5.27. The monoisotopic (exact) mass is 241 g/mol. The first-order valence-corrected chi connectivity index (χ1v) is 6.80. The summed E-state index contributed by atoms with van der Waals surface area (Å²) in [4.78, 5) is 11.7. The Balaban J connectivity index is 2.31. The van der Waals surface area contributed by atoms with Crippen molar-refractivity contribution in [1.82, 2.24) is 5.32 Å². The van der Waals surface area contributed by atoms with Crippen molar-refractivity contribution in [2.45, 2.75) is 52.9 Å². The number of aliphatic hydroxyl groups excluding tert-OH is 1. The van der Waals surface area contributed by atoms with Gasteiger partial charge in [0.15, 0.2) is 0 Å². The number of amides is 1. The van der Waals surface area contributed by atoms with Crippen LogP contribution in [0.4, 0.5) is 0 Å². The van der Waals surface area contributed by atoms with Crippen LogP contribution in [-0.4, -0.2) is 24.2 Å². The fourth-order valence-electron chi connectivity index (χ4n) is 2.58. The van der Waals surface area contributed by atoms with Crippen LogP contribution in [0.25, 0.3) is 0 Å². The van der Waals surface area contributed by atoms with Crippen LogP contribution in [0.5, 0.6) is 0 Å². The fourth-order valence-corrected chi connectivity index (χ4v) is 2.58. The Morgan fingerprint density at radius 1 is 1.24 bits per heavy atom. The van der Waals surface area contributed by atoms with Crippen LogP contribution in [0.2, 0.25) is 0 Å². The third-order valence-electron chi connectivity index (χ3n) is 3.55. The van der Waals surface area contributed by atoms with Gasteiger partial charge in [0, 0.05) is 19.6 Å². The molecule has 0 heterocycles. The van der Waals surface area contributed by atoms with Crippen LogP contribution < -0.4 is 5.32 Å². The van der Waals surface area contributed by atoms with Gasteiger partial charge >= 0.3 is 0 Å². The van der Waals surface area contributed by atoms with Crippen LogP contribution in [0.1, 0.15) is 52.9 Å². The molecule has 0 bridgehead atoms. The molecule has 1 saturated carbocycles. The molecule has 0 aromatic carbocycles. The standard InChI is InChI=1S/C14H27NO2/c1-14(2,3)8-13(17)15-9-11-6-4-5-7-12(11)10-16/h11-12,16H,4-10H2,1-3H3,(H,15,17). The quantitative estimate of drug-likeness (QED) is 0.793. The Kier molecular flexibility index (Phi) is 5.44. The molecule has 1 aliphatic rings. The van der Waals surface area contributed by atoms with Crippen molar-refractivity contribution < 1.29 is 9.90 Å². The smallest absolute Gasteiger partial charge is 0.220 e. The molecule has 3 nitrogen and oxygen atoms in total. The lowest BCUT2D eigenvalue weighted by Gasteiger charge is -2.30. The molecule has 1 fully saturated rings. The van der Waals surface area contributed by atoms with Gasteiger partial charge in [0.05, 0.1) is 0 Å². The lowest BCUT2D eigenvalue weighted by Crippen LogP contribution is -2.36. The van der Waals surface area contributed by atoms with Crippen molar-refractivity contribution in [3.63, 3.8) is 0 Å². The van der Waals surface area contributed by atoms with E-state index in [9.17, 15) is 9.90 Å². The highest BCUT2D eigenvalue weighted by molar-refractivity contribution is 5.76. The second-order valence-electron chi connectivity index (χ2n) is 6.53. The summed E-state index contributed by atoms with van der Waals surface area (Å²) in [6.45, 7) is 7.22. The predicted molar refractivity (Wildman–Crippen MR) is 69.6 cm³/mol. The predicted octanol–water partition coefficient (Wildman–Crippen LogP) is 2.34. The van der Waals surface area contributed by atoms with Gasteiger partial charge in [0.2, 0.25) is 5.91 Å². The van der Waals surface area contributed by atoms with Crippen LogP contribution in [0.15, 0.2) is 0 Å². The molecule has 1 aliphatic carbocycles. The Labute approximate surface area is 105 Å². The van der Waals surface area contributed by atoms with Crippen LogP contribution in [0, 0.1) is 17.3 Å². The van der Waals surface area contributed by atoms with Crippen molar-refractivity contribution in [3.8, 4) is 0 Å². The number of hydrogen-bond acceptors (Lipinski definition) is 2. The Bertz CT molecular complexity index is 245. The summed E-state index contributed by atoms with van der Waals surface area (Å²) < 4.78 is 0. The van der Waals surface area contributed by atoms with E-state index >= 15 is 0 Å². The first kappa shape index (κ1) is 14.5. The van der Waals surface area contributed by atoms with E-state index in [-0.39, 0.29) is 17.9 Å². The molecule has 0 saturated heterocycles. The zero-order valence-corrected chi connectivity index (χ0v) is 11.5. The number of nitrogens with one attached hydrogen (secondary N) is 1. The molecular formula is C14H27NO2. The summed E-state index contributed by atoms with van der Waals surface area (Å²) in [5.41, 5.74) is 0.0486. The van der Waals surface area contributed by atoms with Crippen molar-refractivity contribution in [3.05, 3.63) is 0 Å². The van der Waals surface area contributed by atoms with E-state index in [1.165, 1.54) is 12.8 Å². The van der Waals surface area contributed by atoms with Gasteiger partial charge in [-0.25, -0.2) is 0 Å². The highest BCUT2D eigenvalue weighted by Crippen LogP contribution is 2.29. The van der Waals surface area contributed by atoms with Gasteiger partial charge in [-0.1, -0.05) is 33.6 Å². The topological polar surface area (TPSA) is 49.3 Å². The molecule has 100 valence electrons. The maximum absolute atomic E-state index is 11.7. The molecule has 2 N–H and O–H groups in total. The van der Waals surface area contributed by atoms with Gasteiger partial charge < -0.3 is 10.4 Å². The van der Waals surface area contributed by atoms with E-state index in [1.54, 1.807) is 0 Å². The van der Waals surface area contributed by atoms with E-state index in [2.05, 4.69) is 26.1 Å². The minimum absolute atomic E-state index is 0.0486. The van der Waals surface area contributed by atoms with Gasteiger partial charge in [0.25, 0.3) is 0 Å². The molecule has 1 amide bonds. The maximum atomic E-state index is 11.7. The van der Waals surface area contributed by atoms with Gasteiger partial charge in [-0.2, -0.15) is 0 Å². The molecular weight excluding hydrogens is 214 g/mol. The van der Waals surface area contributed by atoms with Gasteiger partial charge in [0.1, 0.15) is 0 Å². The van der Waals surface area contributed by atoms with Crippen molar-refractivity contribution in [2.24, 2.45) is 17.3 Å². The molecule has 0 aromatic heterocycles. The maximum Gasteiger partial charge on any atom is 0.220 e. The summed E-state index contributed by atoms with van der Waals surface area (Å²) in [5.74, 6) is 0.996. The second-order valence-corrected chi connectivity index (χ2v) is 6.53. The molecule has 2 atom stereocenters. The van der Waals surface area contributed by atoms with Crippen LogP contribution in [-0.2, 0) is 4.79 Å². The normalized spacial score (nSPS) is 25.6. The van der Waals surface area contributed by atoms with E-state index in [0.717, 1.165) is 19.4 Å². The lowest BCUT2D eigenvalue weighted by atomic mass is 9.79. The summed E-state index contributed by atoms with van der Waals surface area (Å²) >= 11 is 0. The molecule has 0 aliphatic heterocycles. The van der Waals surface area contributed by atoms with Crippen molar-refractivity contribution >= 4 is 5.91 Å². The third kappa shape index (κ3) is 5.53. The largest absolute Gasteiger partial charge is 0.396 e. The first-order chi connectivity index (χ1) is 7.92. The van der Waals surface area contributed by atoms with E-state index in [4.69, 9.17) is 0 Å². The minimum Gasteiger partial charge on any atom is -0.396 e. The molecule has 0 spiro atoms. The van der Waals surface area contributed by atoms with E-state index in [1.807, 2.05) is 0 Å². The molecule has 2 unspecified atom stereocenters. The zero-order valence-electron chi connectivity index (χ0n) is 11.5. The fraction of sp³-hybridized carbons (Fsp3) is 0.929. The molecule has 17 heavy (non-hydrogen) atoms. The summed E-state index contributed by atoms with van der Waals surface area (Å²) in [6, 6.07) is 0. The summed E-state index contributed by atoms with van der Waals surface area (Å²) in [5, 5.41) is 12.3. The summed E-state index contributed by atoms with van der Waals surface area (Å²) in [7, 11) is 0. The average Bonchev–Trinajstić information content (AvgIpc) is 2.24. The van der Waals surface area contributed by atoms with Crippen LogP contribution >= 0.6 is 0 Å². The number of carbonyl (C=O) groups is 1. The molecule has 1 rings (SSSR count). The zero-order chi connectivity index (χ0) is 12.9. The highest BCUT2D eigenvalue weighted by Gasteiger charge is 2.25. The molecule has 0 aromatic rings. The third-order valence-corrected chi connectivity index (χ3v) is 3.55. The van der Waals surface area contributed by atoms with Crippen molar-refractivity contribution in [1.29, 1.82) is 0 Å². The highest BCUT2D eigenvalue weighted by atomic mass is 16.3. The minimum atomic E-state index is 0.0486. The lowest BCUT2D eigenvalue weighted by molar-refractivity contribution is -0.123. The van der Waals surface area contributed by atoms with E-state index < -0.39 is 0 Å². The van der Waals surface area contributed by atoms with Crippen LogP contribution in [0.3, 0.4) is 0 Å². The molecule has 3 heteroatoms. The number of rotatable bonds is 4.